The van der Waals surface area contributed by atoms with Gasteiger partial charge in [0.2, 0.25) is 11.8 Å². The lowest BCUT2D eigenvalue weighted by molar-refractivity contribution is -0.137. The predicted molar refractivity (Wildman–Crippen MR) is 80.1 cm³/mol. The zero-order chi connectivity index (χ0) is 14.6. The molecule has 1 aromatic carbocycles. The average Bonchev–Trinajstić information content (AvgIpc) is 2.97. The second-order valence-electron chi connectivity index (χ2n) is 6.60. The standard InChI is InChI=1S/C17H20N2O2/c1-18-14-8-3-2-7-13(14)17(16(18)21)9-10-19(11-17)15(20)12-5-4-6-12/h2-3,7-8,12H,4-6,9-11H2,1H3. The van der Waals surface area contributed by atoms with E-state index < -0.39 is 5.41 Å². The van der Waals surface area contributed by atoms with Crippen LogP contribution < -0.4 is 4.90 Å². The molecule has 2 amide bonds. The second-order valence-corrected chi connectivity index (χ2v) is 6.60. The highest BCUT2D eigenvalue weighted by Gasteiger charge is 2.54. The predicted octanol–water partition coefficient (Wildman–Crippen LogP) is 1.93. The lowest BCUT2D eigenvalue weighted by atomic mass is 9.80. The van der Waals surface area contributed by atoms with E-state index in [1.54, 1.807) is 4.90 Å². The maximum absolute atomic E-state index is 12.8. The van der Waals surface area contributed by atoms with E-state index in [1.807, 2.05) is 36.2 Å². The van der Waals surface area contributed by atoms with E-state index in [0.717, 1.165) is 30.5 Å². The number of fused-ring (bicyclic) bond motifs is 2. The molecule has 4 nitrogen and oxygen atoms in total. The van der Waals surface area contributed by atoms with Crippen molar-refractivity contribution in [3.05, 3.63) is 29.8 Å². The van der Waals surface area contributed by atoms with E-state index in [2.05, 4.69) is 0 Å². The Morgan fingerprint density at radius 2 is 2.05 bits per heavy atom. The van der Waals surface area contributed by atoms with Crippen molar-refractivity contribution in [1.82, 2.24) is 4.90 Å². The van der Waals surface area contributed by atoms with Crippen molar-refractivity contribution in [3.8, 4) is 0 Å². The number of benzene rings is 1. The molecule has 2 aliphatic heterocycles. The van der Waals surface area contributed by atoms with Crippen LogP contribution in [-0.2, 0) is 15.0 Å². The zero-order valence-corrected chi connectivity index (χ0v) is 12.3. The summed E-state index contributed by atoms with van der Waals surface area (Å²) in [5.41, 5.74) is 1.60. The van der Waals surface area contributed by atoms with E-state index in [4.69, 9.17) is 0 Å². The van der Waals surface area contributed by atoms with E-state index in [0.29, 0.717) is 13.1 Å². The minimum absolute atomic E-state index is 0.146. The number of nitrogens with zero attached hydrogens (tertiary/aromatic N) is 2. The van der Waals surface area contributed by atoms with E-state index in [-0.39, 0.29) is 17.7 Å². The van der Waals surface area contributed by atoms with E-state index in [9.17, 15) is 9.59 Å². The molecule has 0 bridgehead atoms. The summed E-state index contributed by atoms with van der Waals surface area (Å²) in [5, 5.41) is 0. The van der Waals surface area contributed by atoms with Crippen LogP contribution >= 0.6 is 0 Å². The molecule has 4 rings (SSSR count). The van der Waals surface area contributed by atoms with Gasteiger partial charge in [-0.2, -0.15) is 0 Å². The first-order chi connectivity index (χ1) is 10.1. The molecular weight excluding hydrogens is 264 g/mol. The fourth-order valence-electron chi connectivity index (χ4n) is 4.02. The summed E-state index contributed by atoms with van der Waals surface area (Å²) in [7, 11) is 1.84. The number of carbonyl (C=O) groups excluding carboxylic acids is 2. The highest BCUT2D eigenvalue weighted by molar-refractivity contribution is 6.08. The molecule has 1 spiro atoms. The van der Waals surface area contributed by atoms with E-state index in [1.165, 1.54) is 6.42 Å². The Balaban J connectivity index is 1.66. The molecule has 3 aliphatic rings. The summed E-state index contributed by atoms with van der Waals surface area (Å²) in [6.45, 7) is 1.27. The summed E-state index contributed by atoms with van der Waals surface area (Å²) < 4.78 is 0. The van der Waals surface area contributed by atoms with Gasteiger partial charge in [0.15, 0.2) is 0 Å². The lowest BCUT2D eigenvalue weighted by Crippen LogP contribution is -2.44. The number of hydrogen-bond acceptors (Lipinski definition) is 2. The normalized spacial score (nSPS) is 28.1. The Hall–Kier alpha value is -1.84. The molecular formula is C17H20N2O2. The smallest absolute Gasteiger partial charge is 0.239 e. The summed E-state index contributed by atoms with van der Waals surface area (Å²) >= 11 is 0. The molecule has 4 heteroatoms. The van der Waals surface area contributed by atoms with Crippen LogP contribution in [-0.4, -0.2) is 36.9 Å². The molecule has 0 aromatic heterocycles. The van der Waals surface area contributed by atoms with Crippen LogP contribution in [0, 0.1) is 5.92 Å². The molecule has 110 valence electrons. The molecule has 1 saturated carbocycles. The number of amides is 2. The summed E-state index contributed by atoms with van der Waals surface area (Å²) in [4.78, 5) is 28.9. The first-order valence-electron chi connectivity index (χ1n) is 7.80. The minimum Gasteiger partial charge on any atom is -0.341 e. The average molecular weight is 284 g/mol. The Bertz CT molecular complexity index is 623. The molecule has 2 heterocycles. The fraction of sp³-hybridized carbons (Fsp3) is 0.529. The van der Waals surface area contributed by atoms with Crippen molar-refractivity contribution in [1.29, 1.82) is 0 Å². The van der Waals surface area contributed by atoms with Crippen LogP contribution in [0.1, 0.15) is 31.2 Å². The number of carbonyl (C=O) groups is 2. The Morgan fingerprint density at radius 3 is 2.76 bits per heavy atom. The van der Waals surface area contributed by atoms with E-state index >= 15 is 0 Å². The van der Waals surface area contributed by atoms with Crippen LogP contribution in [0.15, 0.2) is 24.3 Å². The molecule has 1 aromatic rings. The summed E-state index contributed by atoms with van der Waals surface area (Å²) in [6, 6.07) is 8.00. The topological polar surface area (TPSA) is 40.6 Å². The minimum atomic E-state index is -0.495. The number of hydrogen-bond donors (Lipinski definition) is 0. The number of para-hydroxylation sites is 1. The van der Waals surface area contributed by atoms with Crippen LogP contribution in [0.4, 0.5) is 5.69 Å². The van der Waals surface area contributed by atoms with Crippen molar-refractivity contribution < 1.29 is 9.59 Å². The number of likely N-dealkylation sites (tertiary alicyclic amines) is 1. The molecule has 21 heavy (non-hydrogen) atoms. The number of anilines is 1. The third kappa shape index (κ3) is 1.62. The van der Waals surface area contributed by atoms with Crippen molar-refractivity contribution in [2.24, 2.45) is 5.92 Å². The Morgan fingerprint density at radius 1 is 1.29 bits per heavy atom. The quantitative estimate of drug-likeness (QED) is 0.790. The van der Waals surface area contributed by atoms with Crippen molar-refractivity contribution >= 4 is 17.5 Å². The molecule has 1 saturated heterocycles. The third-order valence-corrected chi connectivity index (χ3v) is 5.53. The largest absolute Gasteiger partial charge is 0.341 e. The second kappa shape index (κ2) is 4.33. The van der Waals surface area contributed by atoms with Crippen molar-refractivity contribution in [3.63, 3.8) is 0 Å². The Kier molecular flexibility index (Phi) is 2.65. The molecule has 2 fully saturated rings. The van der Waals surface area contributed by atoms with Gasteiger partial charge >= 0.3 is 0 Å². The van der Waals surface area contributed by atoms with Crippen LogP contribution in [0.25, 0.3) is 0 Å². The van der Waals surface area contributed by atoms with Gasteiger partial charge in [0.1, 0.15) is 0 Å². The van der Waals surface area contributed by atoms with Crippen molar-refractivity contribution in [2.45, 2.75) is 31.1 Å². The van der Waals surface area contributed by atoms with Gasteiger partial charge in [-0.3, -0.25) is 9.59 Å². The summed E-state index contributed by atoms with van der Waals surface area (Å²) in [6.07, 6.45) is 3.96. The molecule has 0 radical (unpaired) electrons. The Labute approximate surface area is 124 Å². The maximum Gasteiger partial charge on any atom is 0.239 e. The van der Waals surface area contributed by atoms with Crippen LogP contribution in [0.2, 0.25) is 0 Å². The van der Waals surface area contributed by atoms with Crippen LogP contribution in [0.5, 0.6) is 0 Å². The SMILES string of the molecule is CN1C(=O)C2(CCN(C(=O)C3CCC3)C2)c2ccccc21. The van der Waals surface area contributed by atoms with Gasteiger partial charge in [0.05, 0.1) is 5.41 Å². The maximum atomic E-state index is 12.8. The highest BCUT2D eigenvalue weighted by atomic mass is 16.2. The van der Waals surface area contributed by atoms with Gasteiger partial charge in [0.25, 0.3) is 0 Å². The van der Waals surface area contributed by atoms with Gasteiger partial charge in [-0.15, -0.1) is 0 Å². The van der Waals surface area contributed by atoms with Gasteiger partial charge in [-0.25, -0.2) is 0 Å². The first-order valence-corrected chi connectivity index (χ1v) is 7.80. The molecule has 1 aliphatic carbocycles. The zero-order valence-electron chi connectivity index (χ0n) is 12.3. The van der Waals surface area contributed by atoms with Crippen molar-refractivity contribution in [2.75, 3.05) is 25.0 Å². The first kappa shape index (κ1) is 12.9. The lowest BCUT2D eigenvalue weighted by Gasteiger charge is -2.30. The van der Waals surface area contributed by atoms with Gasteiger partial charge < -0.3 is 9.80 Å². The monoisotopic (exact) mass is 284 g/mol. The molecule has 1 unspecified atom stereocenters. The van der Waals surface area contributed by atoms with Gasteiger partial charge in [0, 0.05) is 31.7 Å². The van der Waals surface area contributed by atoms with Crippen LogP contribution in [0.3, 0.4) is 0 Å². The van der Waals surface area contributed by atoms with Gasteiger partial charge in [-0.1, -0.05) is 24.6 Å². The molecule has 0 N–H and O–H groups in total. The van der Waals surface area contributed by atoms with Gasteiger partial charge in [-0.05, 0) is 30.9 Å². The number of likely N-dealkylation sites (N-methyl/N-ethyl adjacent to an activating group) is 1. The third-order valence-electron chi connectivity index (χ3n) is 5.53. The fourth-order valence-corrected chi connectivity index (χ4v) is 4.02. The number of rotatable bonds is 1. The highest BCUT2D eigenvalue weighted by Crippen LogP contribution is 2.47. The summed E-state index contributed by atoms with van der Waals surface area (Å²) in [5.74, 6) is 0.621. The molecule has 1 atom stereocenters.